The molecule has 0 aliphatic heterocycles. The van der Waals surface area contributed by atoms with Crippen LogP contribution >= 0.6 is 0 Å². The van der Waals surface area contributed by atoms with Crippen molar-refractivity contribution in [3.8, 4) is 0 Å². The molecule has 176 valence electrons. The molecule has 0 saturated carbocycles. The van der Waals surface area contributed by atoms with Crippen molar-refractivity contribution in [2.45, 2.75) is 0 Å². The minimum atomic E-state index is -4.36. The molecule has 0 aliphatic carbocycles. The fourth-order valence-electron chi connectivity index (χ4n) is 5.40. The molecule has 0 spiro atoms. The Bertz CT molecular complexity index is 352. The third-order valence-electron chi connectivity index (χ3n) is 6.81. The van der Waals surface area contributed by atoms with E-state index in [1.165, 1.54) is 0 Å². The maximum absolute atomic E-state index is 10.4. The lowest BCUT2D eigenvalue weighted by atomic mass is 11.6. The summed E-state index contributed by atoms with van der Waals surface area (Å²) in [7, 11) is -16.2. The molecule has 12 N–H and O–H groups in total. The van der Waals surface area contributed by atoms with Gasteiger partial charge in [0.25, 0.3) is 0 Å². The zero-order valence-corrected chi connectivity index (χ0v) is 21.4. The Morgan fingerprint density at radius 3 is 0.414 bits per heavy atom. The Morgan fingerprint density at radius 2 is 0.345 bits per heavy atom. The van der Waals surface area contributed by atoms with E-state index >= 15 is 0 Å². The third-order valence-corrected chi connectivity index (χ3v) is 103. The zero-order chi connectivity index (χ0) is 23.0. The largest absolute Gasteiger partial charge is 0.400 e. The Hall–Kier alpha value is 0.604. The van der Waals surface area contributed by atoms with E-state index < -0.39 is 111 Å². The van der Waals surface area contributed by atoms with E-state index in [0.29, 0.717) is 0 Å². The second kappa shape index (κ2) is 12.0. The molecule has 0 aromatic carbocycles. The number of hydrogen-bond donors (Lipinski definition) is 12. The van der Waals surface area contributed by atoms with Gasteiger partial charge in [0.15, 0.2) is 0 Å². The molecular formula is C12H36O12Si5. The summed E-state index contributed by atoms with van der Waals surface area (Å²) in [6, 6.07) is 0. The van der Waals surface area contributed by atoms with Gasteiger partial charge in [0.05, 0.1) is 6.14 Å². The summed E-state index contributed by atoms with van der Waals surface area (Å²) in [5.41, 5.74) is 0. The second-order valence-electron chi connectivity index (χ2n) is 7.77. The molecule has 0 aromatic rings. The summed E-state index contributed by atoms with van der Waals surface area (Å²) in [6.07, 6.45) is -14.8. The van der Waals surface area contributed by atoms with Crippen LogP contribution < -0.4 is 0 Å². The number of aliphatic hydroxyl groups is 12. The number of aliphatic hydroxyl groups excluding tert-OH is 12. The summed E-state index contributed by atoms with van der Waals surface area (Å²) in [5.74, 6) is 0. The number of rotatable bonds is 16. The van der Waals surface area contributed by atoms with E-state index in [4.69, 9.17) is 0 Å². The Labute approximate surface area is 172 Å². The summed E-state index contributed by atoms with van der Waals surface area (Å²) in [6.45, 7) is 0. The third kappa shape index (κ3) is 3.84. The van der Waals surface area contributed by atoms with Gasteiger partial charge >= 0.3 is 0 Å². The predicted octanol–water partition coefficient (Wildman–Crippen LogP) is -8.08. The summed E-state index contributed by atoms with van der Waals surface area (Å²) in [5, 5.41) is 124. The number of hydrogen-bond acceptors (Lipinski definition) is 12. The van der Waals surface area contributed by atoms with Crippen molar-refractivity contribution in [2.24, 2.45) is 0 Å². The van der Waals surface area contributed by atoms with Crippen LogP contribution in [0.25, 0.3) is 0 Å². The van der Waals surface area contributed by atoms with Crippen molar-refractivity contribution in [3.63, 3.8) is 0 Å². The van der Waals surface area contributed by atoms with Gasteiger partial charge in [-0.3, -0.25) is 0 Å². The Balaban J connectivity index is 8.16. The van der Waals surface area contributed by atoms with Gasteiger partial charge in [-0.15, -0.1) is 0 Å². The van der Waals surface area contributed by atoms with Crippen LogP contribution in [0.2, 0.25) is 0 Å². The van der Waals surface area contributed by atoms with E-state index in [2.05, 4.69) is 0 Å². The lowest BCUT2D eigenvalue weighted by Gasteiger charge is -2.66. The average molecular weight is 513 g/mol. The quantitative estimate of drug-likeness (QED) is 0.0862. The van der Waals surface area contributed by atoms with Crippen molar-refractivity contribution >= 4 is 36.5 Å². The second-order valence-corrected chi connectivity index (χ2v) is 54.0. The van der Waals surface area contributed by atoms with Crippen LogP contribution in [0.5, 0.6) is 0 Å². The van der Waals surface area contributed by atoms with Crippen molar-refractivity contribution in [1.82, 2.24) is 0 Å². The average Bonchev–Trinajstić information content (AvgIpc) is 2.79. The van der Waals surface area contributed by atoms with Crippen LogP contribution in [0.15, 0.2) is 0 Å². The first-order valence-electron chi connectivity index (χ1n) is 9.04. The molecule has 29 heavy (non-hydrogen) atoms. The summed E-state index contributed by atoms with van der Waals surface area (Å²) >= 11 is 0. The van der Waals surface area contributed by atoms with Gasteiger partial charge in [-0.2, -0.15) is 0 Å². The fourth-order valence-corrected chi connectivity index (χ4v) is 131. The molecule has 17 heteroatoms. The topological polar surface area (TPSA) is 243 Å². The maximum Gasteiger partial charge on any atom is 0.127 e. The molecule has 0 heterocycles. The van der Waals surface area contributed by atoms with Gasteiger partial charge < -0.3 is 61.3 Å². The monoisotopic (exact) mass is 512 g/mol. The van der Waals surface area contributed by atoms with Crippen LogP contribution in [0.4, 0.5) is 0 Å². The van der Waals surface area contributed by atoms with Gasteiger partial charge in [0.1, 0.15) is 30.4 Å². The zero-order valence-electron chi connectivity index (χ0n) is 16.4. The molecule has 0 amide bonds. The summed E-state index contributed by atoms with van der Waals surface area (Å²) < 4.78 is 0. The normalized spacial score (nSPS) is 14.5. The highest BCUT2D eigenvalue weighted by atomic mass is 30.2. The molecule has 0 rings (SSSR count). The van der Waals surface area contributed by atoms with Crippen molar-refractivity contribution < 1.29 is 61.3 Å². The highest BCUT2D eigenvalue weighted by molar-refractivity contribution is 8.07. The SMILES string of the molecule is OC[Si](CO)(CO)[Si]([Si](CO)(CO)CO)([Si](CO)(CO)CO)[Si](CO)(CO)CO. The Morgan fingerprint density at radius 1 is 0.241 bits per heavy atom. The molecule has 0 aliphatic rings. The van der Waals surface area contributed by atoms with Crippen LogP contribution in [-0.4, -0.2) is 173 Å². The molecule has 0 saturated heterocycles. The van der Waals surface area contributed by atoms with Crippen LogP contribution in [0, 0.1) is 0 Å². The van der Waals surface area contributed by atoms with E-state index in [1.807, 2.05) is 0 Å². The molecule has 0 aromatic heterocycles. The first-order chi connectivity index (χ1) is 13.7. The summed E-state index contributed by atoms with van der Waals surface area (Å²) in [4.78, 5) is 0. The van der Waals surface area contributed by atoms with E-state index in [9.17, 15) is 61.3 Å². The van der Waals surface area contributed by atoms with Gasteiger partial charge in [-0.1, -0.05) is 0 Å². The predicted molar refractivity (Wildman–Crippen MR) is 114 cm³/mol. The molecule has 0 unspecified atom stereocenters. The lowest BCUT2D eigenvalue weighted by molar-refractivity contribution is 0.283. The van der Waals surface area contributed by atoms with Crippen LogP contribution in [-0.2, 0) is 0 Å². The van der Waals surface area contributed by atoms with Gasteiger partial charge in [-0.05, 0) is 0 Å². The van der Waals surface area contributed by atoms with Crippen molar-refractivity contribution in [3.05, 3.63) is 0 Å². The Kier molecular flexibility index (Phi) is 12.3. The lowest BCUT2D eigenvalue weighted by Crippen LogP contribution is -3.07. The minimum absolute atomic E-state index is 0.871. The maximum atomic E-state index is 10.4. The highest BCUT2D eigenvalue weighted by Crippen LogP contribution is 2.42. The molecule has 0 fully saturated rings. The molecule has 0 radical (unpaired) electrons. The first-order valence-corrected chi connectivity index (χ1v) is 25.5. The van der Waals surface area contributed by atoms with Crippen LogP contribution in [0.1, 0.15) is 0 Å². The highest BCUT2D eigenvalue weighted by Gasteiger charge is 2.82. The molecular weight excluding hydrogens is 477 g/mol. The van der Waals surface area contributed by atoms with Crippen molar-refractivity contribution in [1.29, 1.82) is 0 Å². The standard InChI is InChI=1S/C12H36O12Si5/c13-1-25(2-14,3-15)29(26(4-16,5-17)6-18,27(7-19,8-20)9-21)28(10-22,11-23)12-24/h13-24H,1-12H2. The molecule has 0 atom stereocenters. The first kappa shape index (κ1) is 29.6. The van der Waals surface area contributed by atoms with Gasteiger partial charge in [-0.25, -0.2) is 0 Å². The molecule has 0 bridgehead atoms. The molecule has 12 nitrogen and oxygen atoms in total. The van der Waals surface area contributed by atoms with Crippen molar-refractivity contribution in [2.75, 3.05) is 74.8 Å². The fraction of sp³-hybridized carbons (Fsp3) is 1.00. The van der Waals surface area contributed by atoms with E-state index in [-0.39, 0.29) is 0 Å². The van der Waals surface area contributed by atoms with Crippen LogP contribution in [0.3, 0.4) is 0 Å². The van der Waals surface area contributed by atoms with Gasteiger partial charge in [0, 0.05) is 74.8 Å². The van der Waals surface area contributed by atoms with Gasteiger partial charge in [0.2, 0.25) is 0 Å². The smallest absolute Gasteiger partial charge is 0.127 e. The minimum Gasteiger partial charge on any atom is -0.400 e. The van der Waals surface area contributed by atoms with E-state index in [0.717, 1.165) is 0 Å². The van der Waals surface area contributed by atoms with E-state index in [1.54, 1.807) is 0 Å².